The molecule has 0 radical (unpaired) electrons. The van der Waals surface area contributed by atoms with Crippen LogP contribution in [0.2, 0.25) is 0 Å². The zero-order chi connectivity index (χ0) is 25.1. The van der Waals surface area contributed by atoms with Gasteiger partial charge < -0.3 is 0 Å². The van der Waals surface area contributed by atoms with Crippen LogP contribution in [0.15, 0.2) is 103 Å². The first-order valence-electron chi connectivity index (χ1n) is 12.8. The van der Waals surface area contributed by atoms with E-state index in [2.05, 4.69) is 124 Å². The zero-order valence-electron chi connectivity index (χ0n) is 21.2. The maximum absolute atomic E-state index is 5.03. The monoisotopic (exact) mass is 474 g/mol. The number of fused-ring (bicyclic) bond motifs is 5. The van der Waals surface area contributed by atoms with Gasteiger partial charge in [0.15, 0.2) is 0 Å². The van der Waals surface area contributed by atoms with Crippen LogP contribution >= 0.6 is 0 Å². The molecule has 7 aromatic rings. The molecule has 0 fully saturated rings. The van der Waals surface area contributed by atoms with Crippen molar-refractivity contribution in [2.75, 3.05) is 0 Å². The smallest absolute Gasteiger partial charge is 0.0974 e. The van der Waals surface area contributed by atoms with Crippen molar-refractivity contribution in [1.82, 2.24) is 9.97 Å². The molecular weight excluding hydrogens is 448 g/mol. The number of nitrogens with zero attached hydrogens (tertiary/aromatic N) is 2. The summed E-state index contributed by atoms with van der Waals surface area (Å²) in [6.45, 7) is 6.32. The molecule has 0 bridgehead atoms. The van der Waals surface area contributed by atoms with Crippen LogP contribution in [0.4, 0.5) is 0 Å². The first kappa shape index (κ1) is 21.7. The van der Waals surface area contributed by atoms with Gasteiger partial charge in [0.05, 0.1) is 11.0 Å². The highest BCUT2D eigenvalue weighted by molar-refractivity contribution is 6.12. The number of pyridine rings is 2. The van der Waals surface area contributed by atoms with Crippen molar-refractivity contribution in [3.8, 4) is 22.3 Å². The Hall–Kier alpha value is -4.56. The number of benzene rings is 5. The van der Waals surface area contributed by atoms with Crippen LogP contribution in [0.5, 0.6) is 0 Å². The average Bonchev–Trinajstić information content (AvgIpc) is 2.92. The predicted octanol–water partition coefficient (Wildman–Crippen LogP) is 9.35. The lowest BCUT2D eigenvalue weighted by molar-refractivity contribution is 1.23. The van der Waals surface area contributed by atoms with Gasteiger partial charge in [-0.15, -0.1) is 0 Å². The number of aromatic nitrogens is 2. The summed E-state index contributed by atoms with van der Waals surface area (Å²) in [5, 5.41) is 7.31. The molecule has 7 rings (SSSR count). The Kier molecular flexibility index (Phi) is 4.84. The van der Waals surface area contributed by atoms with Gasteiger partial charge in [-0.25, -0.2) is 0 Å². The van der Waals surface area contributed by atoms with Crippen molar-refractivity contribution >= 4 is 43.4 Å². The van der Waals surface area contributed by atoms with E-state index in [1.807, 2.05) is 0 Å². The quantitative estimate of drug-likeness (QED) is 0.233. The highest BCUT2D eigenvalue weighted by Crippen LogP contribution is 2.37. The maximum Gasteiger partial charge on any atom is 0.0974 e. The van der Waals surface area contributed by atoms with Crippen LogP contribution in [0.25, 0.3) is 65.6 Å². The van der Waals surface area contributed by atoms with Crippen molar-refractivity contribution in [3.05, 3.63) is 120 Å². The lowest BCUT2D eigenvalue weighted by Crippen LogP contribution is -1.95. The Bertz CT molecular complexity index is 2020. The second-order valence-electron chi connectivity index (χ2n) is 10.1. The van der Waals surface area contributed by atoms with E-state index in [9.17, 15) is 0 Å². The molecule has 2 nitrogen and oxygen atoms in total. The summed E-state index contributed by atoms with van der Waals surface area (Å²) in [6, 6.07) is 37.3. The largest absolute Gasteiger partial charge is 0.251 e. The first-order valence-corrected chi connectivity index (χ1v) is 12.8. The van der Waals surface area contributed by atoms with Crippen molar-refractivity contribution in [3.63, 3.8) is 0 Å². The third kappa shape index (κ3) is 3.56. The minimum atomic E-state index is 0.960. The number of aryl methyl sites for hydroxylation is 3. The number of hydrogen-bond donors (Lipinski definition) is 0. The molecule has 0 aliphatic rings. The summed E-state index contributed by atoms with van der Waals surface area (Å²) < 4.78 is 0. The van der Waals surface area contributed by atoms with Gasteiger partial charge in [-0.3, -0.25) is 9.97 Å². The molecule has 2 aromatic heterocycles. The van der Waals surface area contributed by atoms with Gasteiger partial charge in [-0.05, 0) is 94.4 Å². The SMILES string of the molecule is Cc1cc(-c2ccc3ccccc3c2)c2ccc3c(-c4ccc5c(C)cccc5c4)cc(C)nc3c2n1. The first-order chi connectivity index (χ1) is 18.0. The van der Waals surface area contributed by atoms with Gasteiger partial charge in [-0.1, -0.05) is 78.9 Å². The van der Waals surface area contributed by atoms with Gasteiger partial charge in [0, 0.05) is 22.2 Å². The lowest BCUT2D eigenvalue weighted by Gasteiger charge is -2.14. The standard InChI is InChI=1S/C35H26N2/c1-21-7-6-10-26-20-28(13-14-29(21)26)33-18-23(3)37-35-31(33)16-15-30-32(17-22(2)36-34(30)35)27-12-11-24-8-4-5-9-25(24)19-27/h4-20H,1-3H3. The minimum absolute atomic E-state index is 0.960. The van der Waals surface area contributed by atoms with E-state index in [1.54, 1.807) is 0 Å². The molecule has 0 spiro atoms. The number of rotatable bonds is 2. The van der Waals surface area contributed by atoms with Crippen LogP contribution in [0.3, 0.4) is 0 Å². The normalized spacial score (nSPS) is 11.6. The molecule has 0 saturated heterocycles. The molecule has 0 aliphatic carbocycles. The molecule has 0 amide bonds. The van der Waals surface area contributed by atoms with Gasteiger partial charge in [0.2, 0.25) is 0 Å². The highest BCUT2D eigenvalue weighted by atomic mass is 14.8. The second kappa shape index (κ2) is 8.25. The molecule has 2 heterocycles. The zero-order valence-corrected chi connectivity index (χ0v) is 21.2. The van der Waals surface area contributed by atoms with Gasteiger partial charge >= 0.3 is 0 Å². The number of hydrogen-bond acceptors (Lipinski definition) is 2. The van der Waals surface area contributed by atoms with Gasteiger partial charge in [0.25, 0.3) is 0 Å². The third-order valence-electron chi connectivity index (χ3n) is 7.48. The molecule has 0 N–H and O–H groups in total. The van der Waals surface area contributed by atoms with E-state index < -0.39 is 0 Å². The van der Waals surface area contributed by atoms with E-state index in [-0.39, 0.29) is 0 Å². The van der Waals surface area contributed by atoms with Crippen molar-refractivity contribution in [1.29, 1.82) is 0 Å². The van der Waals surface area contributed by atoms with E-state index in [1.165, 1.54) is 49.4 Å². The summed E-state index contributed by atoms with van der Waals surface area (Å²) in [4.78, 5) is 10.1. The summed E-state index contributed by atoms with van der Waals surface area (Å²) in [5.74, 6) is 0. The van der Waals surface area contributed by atoms with Gasteiger partial charge in [0.1, 0.15) is 0 Å². The van der Waals surface area contributed by atoms with Crippen LogP contribution in [0, 0.1) is 20.8 Å². The van der Waals surface area contributed by atoms with Gasteiger partial charge in [-0.2, -0.15) is 0 Å². The highest BCUT2D eigenvalue weighted by Gasteiger charge is 2.15. The van der Waals surface area contributed by atoms with Crippen LogP contribution < -0.4 is 0 Å². The molecule has 5 aromatic carbocycles. The van der Waals surface area contributed by atoms with E-state index in [4.69, 9.17) is 9.97 Å². The second-order valence-corrected chi connectivity index (χ2v) is 10.1. The van der Waals surface area contributed by atoms with E-state index in [0.29, 0.717) is 0 Å². The molecule has 0 unspecified atom stereocenters. The molecular formula is C35H26N2. The fraction of sp³-hybridized carbons (Fsp3) is 0.0857. The Morgan fingerprint density at radius 2 is 0.973 bits per heavy atom. The topological polar surface area (TPSA) is 25.8 Å². The Morgan fingerprint density at radius 1 is 0.432 bits per heavy atom. The molecule has 37 heavy (non-hydrogen) atoms. The van der Waals surface area contributed by atoms with Crippen LogP contribution in [0.1, 0.15) is 17.0 Å². The molecule has 2 heteroatoms. The van der Waals surface area contributed by atoms with E-state index in [0.717, 1.165) is 33.2 Å². The molecule has 0 atom stereocenters. The third-order valence-corrected chi connectivity index (χ3v) is 7.48. The summed E-state index contributed by atoms with van der Waals surface area (Å²) >= 11 is 0. The summed E-state index contributed by atoms with van der Waals surface area (Å²) in [6.07, 6.45) is 0. The molecule has 0 saturated carbocycles. The lowest BCUT2D eigenvalue weighted by atomic mass is 9.93. The van der Waals surface area contributed by atoms with Crippen molar-refractivity contribution < 1.29 is 0 Å². The van der Waals surface area contributed by atoms with Crippen molar-refractivity contribution in [2.24, 2.45) is 0 Å². The Labute approximate surface area is 216 Å². The maximum atomic E-state index is 5.03. The minimum Gasteiger partial charge on any atom is -0.251 e. The van der Waals surface area contributed by atoms with Crippen molar-refractivity contribution in [2.45, 2.75) is 20.8 Å². The Balaban J connectivity index is 1.49. The van der Waals surface area contributed by atoms with E-state index >= 15 is 0 Å². The fourth-order valence-corrected chi connectivity index (χ4v) is 5.68. The van der Waals surface area contributed by atoms with Crippen LogP contribution in [-0.4, -0.2) is 9.97 Å². The fourth-order valence-electron chi connectivity index (χ4n) is 5.68. The predicted molar refractivity (Wildman–Crippen MR) is 157 cm³/mol. The molecule has 0 aliphatic heterocycles. The summed E-state index contributed by atoms with van der Waals surface area (Å²) in [5.41, 5.74) is 10.0. The summed E-state index contributed by atoms with van der Waals surface area (Å²) in [7, 11) is 0. The van der Waals surface area contributed by atoms with Crippen LogP contribution in [-0.2, 0) is 0 Å². The molecule has 176 valence electrons. The average molecular weight is 475 g/mol. The Morgan fingerprint density at radius 3 is 1.65 bits per heavy atom.